The SMILES string of the molecule is CCC(O)(CC)CNC(C)C(CO)SC. The maximum Gasteiger partial charge on any atom is 0.0766 e. The first kappa shape index (κ1) is 15.2. The third-order valence-corrected chi connectivity index (χ3v) is 4.27. The van der Waals surface area contributed by atoms with Gasteiger partial charge in [-0.3, -0.25) is 0 Å². The van der Waals surface area contributed by atoms with Crippen LogP contribution < -0.4 is 5.32 Å². The molecule has 3 nitrogen and oxygen atoms in total. The van der Waals surface area contributed by atoms with Crippen LogP contribution >= 0.6 is 11.8 Å². The minimum absolute atomic E-state index is 0.173. The number of hydrogen-bond acceptors (Lipinski definition) is 4. The van der Waals surface area contributed by atoms with Crippen LogP contribution in [0.15, 0.2) is 0 Å². The highest BCUT2D eigenvalue weighted by molar-refractivity contribution is 7.99. The van der Waals surface area contributed by atoms with Crippen molar-refractivity contribution in [1.29, 1.82) is 0 Å². The van der Waals surface area contributed by atoms with Crippen molar-refractivity contribution < 1.29 is 10.2 Å². The Morgan fingerprint density at radius 3 is 2.20 bits per heavy atom. The summed E-state index contributed by atoms with van der Waals surface area (Å²) in [6.07, 6.45) is 3.50. The average molecular weight is 235 g/mol. The van der Waals surface area contributed by atoms with E-state index in [0.717, 1.165) is 12.8 Å². The smallest absolute Gasteiger partial charge is 0.0766 e. The average Bonchev–Trinajstić information content (AvgIpc) is 2.27. The summed E-state index contributed by atoms with van der Waals surface area (Å²) in [5, 5.41) is 22.7. The van der Waals surface area contributed by atoms with Crippen LogP contribution in [0.5, 0.6) is 0 Å². The molecule has 0 heterocycles. The quantitative estimate of drug-likeness (QED) is 0.592. The molecule has 0 aliphatic heterocycles. The van der Waals surface area contributed by atoms with E-state index in [2.05, 4.69) is 5.32 Å². The first-order valence-corrected chi connectivity index (χ1v) is 6.91. The maximum atomic E-state index is 10.1. The van der Waals surface area contributed by atoms with Crippen molar-refractivity contribution in [2.75, 3.05) is 19.4 Å². The van der Waals surface area contributed by atoms with E-state index in [0.29, 0.717) is 6.54 Å². The van der Waals surface area contributed by atoms with Gasteiger partial charge in [0, 0.05) is 17.8 Å². The predicted octanol–water partition coefficient (Wildman–Crippen LogP) is 1.24. The molecular formula is C11H25NO2S. The topological polar surface area (TPSA) is 52.5 Å². The number of aliphatic hydroxyl groups excluding tert-OH is 1. The number of nitrogens with one attached hydrogen (secondary N) is 1. The minimum atomic E-state index is -0.604. The zero-order valence-electron chi connectivity index (χ0n) is 10.3. The molecule has 2 unspecified atom stereocenters. The summed E-state index contributed by atoms with van der Waals surface area (Å²) in [6, 6.07) is 0.217. The molecule has 0 spiro atoms. The van der Waals surface area contributed by atoms with Crippen molar-refractivity contribution in [1.82, 2.24) is 5.32 Å². The van der Waals surface area contributed by atoms with Gasteiger partial charge < -0.3 is 15.5 Å². The van der Waals surface area contributed by atoms with Gasteiger partial charge in [-0.2, -0.15) is 11.8 Å². The molecule has 0 aromatic rings. The molecule has 0 bridgehead atoms. The first-order valence-electron chi connectivity index (χ1n) is 5.62. The Morgan fingerprint density at radius 2 is 1.87 bits per heavy atom. The molecule has 0 amide bonds. The van der Waals surface area contributed by atoms with E-state index in [4.69, 9.17) is 5.11 Å². The first-order chi connectivity index (χ1) is 7.02. The van der Waals surface area contributed by atoms with Crippen LogP contribution in [0, 0.1) is 0 Å². The largest absolute Gasteiger partial charge is 0.395 e. The molecule has 2 atom stereocenters. The lowest BCUT2D eigenvalue weighted by atomic mass is 9.97. The van der Waals surface area contributed by atoms with Crippen molar-refractivity contribution in [3.05, 3.63) is 0 Å². The summed E-state index contributed by atoms with van der Waals surface area (Å²) in [5.74, 6) is 0. The van der Waals surface area contributed by atoms with Gasteiger partial charge in [0.1, 0.15) is 0 Å². The normalized spacial score (nSPS) is 16.4. The van der Waals surface area contributed by atoms with E-state index in [1.165, 1.54) is 0 Å². The van der Waals surface area contributed by atoms with Gasteiger partial charge in [0.15, 0.2) is 0 Å². The van der Waals surface area contributed by atoms with Crippen LogP contribution in [0.25, 0.3) is 0 Å². The Morgan fingerprint density at radius 1 is 1.33 bits per heavy atom. The lowest BCUT2D eigenvalue weighted by molar-refractivity contribution is 0.0298. The highest BCUT2D eigenvalue weighted by Gasteiger charge is 2.24. The van der Waals surface area contributed by atoms with E-state index < -0.39 is 5.60 Å². The fraction of sp³-hybridized carbons (Fsp3) is 1.00. The molecule has 0 fully saturated rings. The van der Waals surface area contributed by atoms with Gasteiger partial charge in [-0.1, -0.05) is 13.8 Å². The van der Waals surface area contributed by atoms with Crippen LogP contribution in [-0.2, 0) is 0 Å². The van der Waals surface area contributed by atoms with Crippen LogP contribution in [0.3, 0.4) is 0 Å². The van der Waals surface area contributed by atoms with Crippen LogP contribution in [0.4, 0.5) is 0 Å². The molecule has 92 valence electrons. The zero-order chi connectivity index (χ0) is 11.9. The Labute approximate surface area is 97.7 Å². The number of aliphatic hydroxyl groups is 2. The van der Waals surface area contributed by atoms with Crippen molar-refractivity contribution >= 4 is 11.8 Å². The summed E-state index contributed by atoms with van der Waals surface area (Å²) < 4.78 is 0. The Hall–Kier alpha value is 0.230. The summed E-state index contributed by atoms with van der Waals surface area (Å²) in [6.45, 7) is 6.80. The molecule has 0 aliphatic rings. The fourth-order valence-corrected chi connectivity index (χ4v) is 2.07. The van der Waals surface area contributed by atoms with E-state index in [1.807, 2.05) is 27.0 Å². The van der Waals surface area contributed by atoms with Gasteiger partial charge in [0.25, 0.3) is 0 Å². The molecule has 3 N–H and O–H groups in total. The molecule has 0 radical (unpaired) electrons. The third-order valence-electron chi connectivity index (χ3n) is 3.11. The standard InChI is InChI=1S/C11H25NO2S/c1-5-11(14,6-2)8-12-9(3)10(7-13)15-4/h9-10,12-14H,5-8H2,1-4H3. The lowest BCUT2D eigenvalue weighted by Crippen LogP contribution is -2.46. The van der Waals surface area contributed by atoms with Gasteiger partial charge in [0.2, 0.25) is 0 Å². The molecule has 0 saturated heterocycles. The molecule has 4 heteroatoms. The van der Waals surface area contributed by atoms with Crippen LogP contribution in [-0.4, -0.2) is 46.5 Å². The predicted molar refractivity (Wildman–Crippen MR) is 67.4 cm³/mol. The monoisotopic (exact) mass is 235 g/mol. The van der Waals surface area contributed by atoms with Gasteiger partial charge in [-0.15, -0.1) is 0 Å². The van der Waals surface area contributed by atoms with E-state index >= 15 is 0 Å². The summed E-state index contributed by atoms with van der Waals surface area (Å²) >= 11 is 1.65. The fourth-order valence-electron chi connectivity index (χ4n) is 1.42. The van der Waals surface area contributed by atoms with Crippen molar-refractivity contribution in [2.24, 2.45) is 0 Å². The summed E-state index contributed by atoms with van der Waals surface area (Å²) in [4.78, 5) is 0. The Balaban J connectivity index is 4.02. The number of hydrogen-bond donors (Lipinski definition) is 3. The maximum absolute atomic E-state index is 10.1. The summed E-state index contributed by atoms with van der Waals surface area (Å²) in [7, 11) is 0. The molecule has 15 heavy (non-hydrogen) atoms. The minimum Gasteiger partial charge on any atom is -0.395 e. The van der Waals surface area contributed by atoms with Gasteiger partial charge in [0.05, 0.1) is 12.2 Å². The highest BCUT2D eigenvalue weighted by Crippen LogP contribution is 2.15. The van der Waals surface area contributed by atoms with Crippen molar-refractivity contribution in [3.8, 4) is 0 Å². The molecule has 0 aromatic carbocycles. The molecule has 0 saturated carbocycles. The second kappa shape index (κ2) is 7.49. The third kappa shape index (κ3) is 5.20. The summed E-state index contributed by atoms with van der Waals surface area (Å²) in [5.41, 5.74) is -0.604. The van der Waals surface area contributed by atoms with Crippen LogP contribution in [0.1, 0.15) is 33.6 Å². The van der Waals surface area contributed by atoms with E-state index in [1.54, 1.807) is 11.8 Å². The molecule has 0 aromatic heterocycles. The number of thioether (sulfide) groups is 1. The molecule has 0 rings (SSSR count). The van der Waals surface area contributed by atoms with E-state index in [9.17, 15) is 5.11 Å². The lowest BCUT2D eigenvalue weighted by Gasteiger charge is -2.29. The molecular weight excluding hydrogens is 210 g/mol. The second-order valence-electron chi connectivity index (χ2n) is 4.06. The van der Waals surface area contributed by atoms with Crippen molar-refractivity contribution in [3.63, 3.8) is 0 Å². The molecule has 0 aliphatic carbocycles. The van der Waals surface area contributed by atoms with Gasteiger partial charge in [-0.05, 0) is 26.0 Å². The van der Waals surface area contributed by atoms with Crippen molar-refractivity contribution in [2.45, 2.75) is 50.5 Å². The zero-order valence-corrected chi connectivity index (χ0v) is 11.1. The van der Waals surface area contributed by atoms with Gasteiger partial charge >= 0.3 is 0 Å². The van der Waals surface area contributed by atoms with E-state index in [-0.39, 0.29) is 17.9 Å². The second-order valence-corrected chi connectivity index (χ2v) is 5.13. The highest BCUT2D eigenvalue weighted by atomic mass is 32.2. The Kier molecular flexibility index (Phi) is 7.61. The number of rotatable bonds is 8. The van der Waals surface area contributed by atoms with Gasteiger partial charge in [-0.25, -0.2) is 0 Å². The Bertz CT molecular complexity index is 159. The van der Waals surface area contributed by atoms with Crippen LogP contribution in [0.2, 0.25) is 0 Å².